The third-order valence-corrected chi connectivity index (χ3v) is 3.13. The molecule has 0 aromatic carbocycles. The Kier molecular flexibility index (Phi) is 5.46. The highest BCUT2D eigenvalue weighted by Gasteiger charge is 2.26. The van der Waals surface area contributed by atoms with Crippen LogP contribution >= 0.6 is 0 Å². The Morgan fingerprint density at radius 1 is 1.32 bits per heavy atom. The molecule has 0 aliphatic carbocycles. The summed E-state index contributed by atoms with van der Waals surface area (Å²) in [4.78, 5) is 43.7. The van der Waals surface area contributed by atoms with E-state index < -0.39 is 24.0 Å². The Morgan fingerprint density at radius 3 is 2.32 bits per heavy atom. The lowest BCUT2D eigenvalue weighted by Gasteiger charge is -2.22. The summed E-state index contributed by atoms with van der Waals surface area (Å²) >= 11 is 0. The number of aryl methyl sites for hydroxylation is 1. The zero-order chi connectivity index (χ0) is 17.1. The summed E-state index contributed by atoms with van der Waals surface area (Å²) in [7, 11) is 0. The Hall–Kier alpha value is -2.18. The summed E-state index contributed by atoms with van der Waals surface area (Å²) in [5.74, 6) is -1.22. The number of hydrogen-bond acceptors (Lipinski definition) is 4. The number of hydrogen-bond donors (Lipinski definition) is 2. The number of carboxylic acid groups (broad SMARTS) is 1. The standard InChI is InChI=1S/C15H23N3O4/c1-6-7-18(8-10(19)20)13(22)11-9(2)16-14(15(3,4)5)17-12(11)21/h6-8H2,1-5H3,(H,19,20)(H,16,17,21). The Labute approximate surface area is 129 Å². The van der Waals surface area contributed by atoms with Gasteiger partial charge in [-0.15, -0.1) is 0 Å². The molecule has 0 bridgehead atoms. The van der Waals surface area contributed by atoms with Crippen molar-refractivity contribution in [1.82, 2.24) is 14.9 Å². The van der Waals surface area contributed by atoms with E-state index in [4.69, 9.17) is 5.11 Å². The molecule has 0 radical (unpaired) electrons. The predicted molar refractivity (Wildman–Crippen MR) is 82.1 cm³/mol. The van der Waals surface area contributed by atoms with Gasteiger partial charge in [0.1, 0.15) is 17.9 Å². The van der Waals surface area contributed by atoms with E-state index in [1.807, 2.05) is 27.7 Å². The van der Waals surface area contributed by atoms with Gasteiger partial charge in [0.25, 0.3) is 11.5 Å². The highest BCUT2D eigenvalue weighted by Crippen LogP contribution is 2.17. The van der Waals surface area contributed by atoms with E-state index in [2.05, 4.69) is 9.97 Å². The average Bonchev–Trinajstić information content (AvgIpc) is 2.35. The van der Waals surface area contributed by atoms with Crippen LogP contribution in [0.15, 0.2) is 4.79 Å². The molecule has 0 aliphatic rings. The van der Waals surface area contributed by atoms with Crippen LogP contribution in [0.3, 0.4) is 0 Å². The van der Waals surface area contributed by atoms with Crippen LogP contribution in [-0.2, 0) is 10.2 Å². The number of carbonyl (C=O) groups excluding carboxylic acids is 1. The normalized spacial score (nSPS) is 11.3. The number of nitrogens with zero attached hydrogens (tertiary/aromatic N) is 2. The van der Waals surface area contributed by atoms with Gasteiger partial charge in [-0.3, -0.25) is 14.4 Å². The van der Waals surface area contributed by atoms with Gasteiger partial charge in [-0.1, -0.05) is 27.7 Å². The molecule has 1 aromatic heterocycles. The van der Waals surface area contributed by atoms with E-state index in [1.54, 1.807) is 6.92 Å². The molecule has 1 heterocycles. The van der Waals surface area contributed by atoms with Gasteiger partial charge in [0.2, 0.25) is 0 Å². The molecule has 1 aromatic rings. The van der Waals surface area contributed by atoms with Crippen molar-refractivity contribution in [3.05, 3.63) is 27.4 Å². The van der Waals surface area contributed by atoms with Crippen LogP contribution < -0.4 is 5.56 Å². The van der Waals surface area contributed by atoms with Crippen molar-refractivity contribution in [2.24, 2.45) is 0 Å². The molecule has 0 spiro atoms. The van der Waals surface area contributed by atoms with Crippen molar-refractivity contribution in [2.45, 2.75) is 46.5 Å². The van der Waals surface area contributed by atoms with E-state index in [9.17, 15) is 14.4 Å². The van der Waals surface area contributed by atoms with Crippen molar-refractivity contribution in [3.63, 3.8) is 0 Å². The molecule has 0 unspecified atom stereocenters. The molecule has 7 heteroatoms. The van der Waals surface area contributed by atoms with E-state index in [1.165, 1.54) is 0 Å². The van der Waals surface area contributed by atoms with Gasteiger partial charge in [-0.2, -0.15) is 0 Å². The quantitative estimate of drug-likeness (QED) is 0.853. The smallest absolute Gasteiger partial charge is 0.323 e. The third-order valence-electron chi connectivity index (χ3n) is 3.13. The van der Waals surface area contributed by atoms with Gasteiger partial charge in [0.05, 0.1) is 5.69 Å². The number of aromatic nitrogens is 2. The van der Waals surface area contributed by atoms with Crippen molar-refractivity contribution in [2.75, 3.05) is 13.1 Å². The fraction of sp³-hybridized carbons (Fsp3) is 0.600. The molecular formula is C15H23N3O4. The molecule has 22 heavy (non-hydrogen) atoms. The predicted octanol–water partition coefficient (Wildman–Crippen LogP) is 1.31. The van der Waals surface area contributed by atoms with Crippen LogP contribution in [0.5, 0.6) is 0 Å². The van der Waals surface area contributed by atoms with Crippen LogP contribution in [0, 0.1) is 6.92 Å². The van der Waals surface area contributed by atoms with E-state index >= 15 is 0 Å². The maximum atomic E-state index is 12.5. The van der Waals surface area contributed by atoms with E-state index in [-0.39, 0.29) is 17.5 Å². The number of carboxylic acids is 1. The Bertz CT molecular complexity index is 629. The average molecular weight is 309 g/mol. The third kappa shape index (κ3) is 4.16. The van der Waals surface area contributed by atoms with Crippen molar-refractivity contribution in [3.8, 4) is 0 Å². The van der Waals surface area contributed by atoms with Gasteiger partial charge in [-0.05, 0) is 13.3 Å². The van der Waals surface area contributed by atoms with Gasteiger partial charge in [-0.25, -0.2) is 4.98 Å². The molecule has 7 nitrogen and oxygen atoms in total. The van der Waals surface area contributed by atoms with Gasteiger partial charge < -0.3 is 15.0 Å². The van der Waals surface area contributed by atoms with Crippen LogP contribution in [0.2, 0.25) is 0 Å². The molecule has 0 saturated carbocycles. The lowest BCUT2D eigenvalue weighted by molar-refractivity contribution is -0.137. The fourth-order valence-electron chi connectivity index (χ4n) is 2.04. The molecule has 122 valence electrons. The van der Waals surface area contributed by atoms with E-state index in [0.29, 0.717) is 17.9 Å². The molecule has 0 aliphatic heterocycles. The zero-order valence-electron chi connectivity index (χ0n) is 13.7. The van der Waals surface area contributed by atoms with Crippen LogP contribution in [0.4, 0.5) is 0 Å². The first-order chi connectivity index (χ1) is 10.1. The van der Waals surface area contributed by atoms with Gasteiger partial charge in [0, 0.05) is 12.0 Å². The number of carbonyl (C=O) groups is 2. The summed E-state index contributed by atoms with van der Waals surface area (Å²) in [6, 6.07) is 0. The molecule has 1 rings (SSSR count). The second-order valence-electron chi connectivity index (χ2n) is 6.25. The second kappa shape index (κ2) is 6.72. The summed E-state index contributed by atoms with van der Waals surface area (Å²) in [6.07, 6.45) is 0.601. The number of amides is 1. The van der Waals surface area contributed by atoms with Crippen LogP contribution in [0.1, 0.15) is 56.0 Å². The SMILES string of the molecule is CCCN(CC(=O)O)C(=O)c1c(C)nc(C(C)(C)C)[nH]c1=O. The Balaban J connectivity index is 3.28. The van der Waals surface area contributed by atoms with Crippen molar-refractivity contribution < 1.29 is 14.7 Å². The second-order valence-corrected chi connectivity index (χ2v) is 6.25. The van der Waals surface area contributed by atoms with Crippen LogP contribution in [-0.4, -0.2) is 44.9 Å². The Morgan fingerprint density at radius 2 is 1.91 bits per heavy atom. The highest BCUT2D eigenvalue weighted by atomic mass is 16.4. The first-order valence-corrected chi connectivity index (χ1v) is 7.20. The van der Waals surface area contributed by atoms with E-state index in [0.717, 1.165) is 4.90 Å². The molecule has 1 amide bonds. The largest absolute Gasteiger partial charge is 0.480 e. The summed E-state index contributed by atoms with van der Waals surface area (Å²) in [5, 5.41) is 8.90. The number of H-pyrrole nitrogens is 1. The summed E-state index contributed by atoms with van der Waals surface area (Å²) in [6.45, 7) is 8.96. The maximum absolute atomic E-state index is 12.5. The molecule has 0 atom stereocenters. The fourth-order valence-corrected chi connectivity index (χ4v) is 2.04. The summed E-state index contributed by atoms with van der Waals surface area (Å²) in [5.41, 5.74) is -0.669. The highest BCUT2D eigenvalue weighted by molar-refractivity contribution is 5.96. The minimum atomic E-state index is -1.12. The van der Waals surface area contributed by atoms with Crippen molar-refractivity contribution in [1.29, 1.82) is 0 Å². The molecular weight excluding hydrogens is 286 g/mol. The number of aromatic amines is 1. The topological polar surface area (TPSA) is 103 Å². The lowest BCUT2D eigenvalue weighted by atomic mass is 9.95. The summed E-state index contributed by atoms with van der Waals surface area (Å²) < 4.78 is 0. The number of aliphatic carboxylic acids is 1. The number of rotatable bonds is 5. The molecule has 2 N–H and O–H groups in total. The first-order valence-electron chi connectivity index (χ1n) is 7.20. The number of nitrogens with one attached hydrogen (secondary N) is 1. The van der Waals surface area contributed by atoms with Crippen molar-refractivity contribution >= 4 is 11.9 Å². The lowest BCUT2D eigenvalue weighted by Crippen LogP contribution is -2.40. The van der Waals surface area contributed by atoms with Gasteiger partial charge in [0.15, 0.2) is 0 Å². The molecule has 0 fully saturated rings. The monoisotopic (exact) mass is 309 g/mol. The zero-order valence-corrected chi connectivity index (χ0v) is 13.7. The van der Waals surface area contributed by atoms with Crippen LogP contribution in [0.25, 0.3) is 0 Å². The molecule has 0 saturated heterocycles. The minimum absolute atomic E-state index is 0.0947. The minimum Gasteiger partial charge on any atom is -0.480 e. The van der Waals surface area contributed by atoms with Gasteiger partial charge >= 0.3 is 5.97 Å². The first kappa shape index (κ1) is 17.9. The maximum Gasteiger partial charge on any atom is 0.323 e.